The van der Waals surface area contributed by atoms with Gasteiger partial charge in [-0.25, -0.2) is 4.79 Å². The van der Waals surface area contributed by atoms with Crippen LogP contribution in [0.5, 0.6) is 0 Å². The third-order valence-corrected chi connectivity index (χ3v) is 6.74. The Labute approximate surface area is 192 Å². The zero-order chi connectivity index (χ0) is 22.1. The van der Waals surface area contributed by atoms with Gasteiger partial charge in [0.05, 0.1) is 17.3 Å². The summed E-state index contributed by atoms with van der Waals surface area (Å²) in [4.78, 5) is 18.3. The zero-order valence-electron chi connectivity index (χ0n) is 17.6. The molecule has 3 aromatic rings. The molecular formula is C25H25N3O3S. The molecule has 1 aliphatic carbocycles. The Morgan fingerprint density at radius 3 is 2.69 bits per heavy atom. The molecule has 1 saturated heterocycles. The molecule has 32 heavy (non-hydrogen) atoms. The molecule has 7 heteroatoms. The first-order valence-electron chi connectivity index (χ1n) is 11.0. The van der Waals surface area contributed by atoms with Gasteiger partial charge in [0, 0.05) is 17.8 Å². The van der Waals surface area contributed by atoms with Crippen LogP contribution in [0.4, 0.5) is 0 Å². The number of nitrogens with one attached hydrogen (secondary N) is 1. The number of carboxylic acid groups (broad SMARTS) is 1. The van der Waals surface area contributed by atoms with Crippen molar-refractivity contribution in [3.63, 3.8) is 0 Å². The van der Waals surface area contributed by atoms with Crippen molar-refractivity contribution in [2.75, 3.05) is 0 Å². The number of aromatic nitrogens is 1. The summed E-state index contributed by atoms with van der Waals surface area (Å²) in [5, 5.41) is 13.6. The van der Waals surface area contributed by atoms with Gasteiger partial charge in [0.2, 0.25) is 0 Å². The van der Waals surface area contributed by atoms with Crippen molar-refractivity contribution in [3.8, 4) is 11.3 Å². The lowest BCUT2D eigenvalue weighted by molar-refractivity contribution is 0.0697. The molecule has 0 radical (unpaired) electrons. The van der Waals surface area contributed by atoms with E-state index in [1.807, 2.05) is 36.4 Å². The minimum absolute atomic E-state index is 0.114. The van der Waals surface area contributed by atoms with Crippen LogP contribution in [0.2, 0.25) is 0 Å². The fraction of sp³-hybridized carbons (Fsp3) is 0.320. The third kappa shape index (κ3) is 3.88. The highest BCUT2D eigenvalue weighted by Crippen LogP contribution is 2.43. The van der Waals surface area contributed by atoms with Crippen molar-refractivity contribution in [3.05, 3.63) is 77.8 Å². The van der Waals surface area contributed by atoms with E-state index < -0.39 is 5.97 Å². The number of benzene rings is 1. The summed E-state index contributed by atoms with van der Waals surface area (Å²) in [7, 11) is 0. The van der Waals surface area contributed by atoms with Gasteiger partial charge in [0.25, 0.3) is 0 Å². The molecule has 3 heterocycles. The Balaban J connectivity index is 1.53. The number of hydrogen-bond acceptors (Lipinski definition) is 4. The van der Waals surface area contributed by atoms with Gasteiger partial charge in [-0.3, -0.25) is 4.98 Å². The summed E-state index contributed by atoms with van der Waals surface area (Å²) >= 11 is 5.80. The average molecular weight is 448 g/mol. The number of furan rings is 1. The van der Waals surface area contributed by atoms with Gasteiger partial charge >= 0.3 is 5.97 Å². The smallest absolute Gasteiger partial charge is 0.335 e. The van der Waals surface area contributed by atoms with Gasteiger partial charge in [-0.2, -0.15) is 0 Å². The molecule has 1 aromatic carbocycles. The fourth-order valence-corrected chi connectivity index (χ4v) is 5.28. The van der Waals surface area contributed by atoms with Gasteiger partial charge in [-0.1, -0.05) is 37.5 Å². The van der Waals surface area contributed by atoms with Crippen molar-refractivity contribution in [1.82, 2.24) is 15.2 Å². The van der Waals surface area contributed by atoms with E-state index in [0.717, 1.165) is 35.0 Å². The largest absolute Gasteiger partial charge is 0.478 e. The van der Waals surface area contributed by atoms with Crippen LogP contribution in [-0.4, -0.2) is 32.1 Å². The second kappa shape index (κ2) is 8.74. The molecule has 0 unspecified atom stereocenters. The maximum absolute atomic E-state index is 11.4. The maximum atomic E-state index is 11.4. The van der Waals surface area contributed by atoms with Gasteiger partial charge in [-0.05, 0) is 61.5 Å². The monoisotopic (exact) mass is 447 g/mol. The van der Waals surface area contributed by atoms with Crippen molar-refractivity contribution in [1.29, 1.82) is 0 Å². The number of aromatic carboxylic acids is 1. The molecule has 2 N–H and O–H groups in total. The quantitative estimate of drug-likeness (QED) is 0.511. The van der Waals surface area contributed by atoms with Crippen LogP contribution in [0.15, 0.2) is 65.2 Å². The lowest BCUT2D eigenvalue weighted by atomic mass is 9.92. The van der Waals surface area contributed by atoms with Crippen LogP contribution in [0, 0.1) is 0 Å². The summed E-state index contributed by atoms with van der Waals surface area (Å²) < 4.78 is 6.35. The van der Waals surface area contributed by atoms with Crippen LogP contribution >= 0.6 is 12.2 Å². The molecule has 0 amide bonds. The molecule has 2 aliphatic rings. The van der Waals surface area contributed by atoms with E-state index in [4.69, 9.17) is 16.6 Å². The molecule has 5 rings (SSSR count). The van der Waals surface area contributed by atoms with E-state index in [9.17, 15) is 9.90 Å². The predicted molar refractivity (Wildman–Crippen MR) is 125 cm³/mol. The van der Waals surface area contributed by atoms with Crippen LogP contribution < -0.4 is 5.32 Å². The summed E-state index contributed by atoms with van der Waals surface area (Å²) in [6, 6.07) is 16.7. The Kier molecular flexibility index (Phi) is 5.66. The zero-order valence-corrected chi connectivity index (χ0v) is 18.4. The van der Waals surface area contributed by atoms with E-state index in [1.54, 1.807) is 24.4 Å². The van der Waals surface area contributed by atoms with Crippen LogP contribution in [-0.2, 0) is 0 Å². The Morgan fingerprint density at radius 2 is 1.94 bits per heavy atom. The van der Waals surface area contributed by atoms with Crippen LogP contribution in [0.1, 0.15) is 66.0 Å². The van der Waals surface area contributed by atoms with Crippen molar-refractivity contribution < 1.29 is 14.3 Å². The SMILES string of the molecule is O=C(O)c1cccc(-c2ccc([C@H]3[C@H](c4ccccn4)NC(=S)N3C3CCCCC3)o2)c1. The van der Waals surface area contributed by atoms with Crippen molar-refractivity contribution in [2.45, 2.75) is 50.2 Å². The number of nitrogens with zero attached hydrogens (tertiary/aromatic N) is 2. The minimum atomic E-state index is -0.956. The normalized spacial score (nSPS) is 21.5. The minimum Gasteiger partial charge on any atom is -0.478 e. The number of pyridine rings is 1. The molecule has 1 aliphatic heterocycles. The molecular weight excluding hydrogens is 422 g/mol. The highest BCUT2D eigenvalue weighted by Gasteiger charge is 2.44. The third-order valence-electron chi connectivity index (χ3n) is 6.42. The number of hydrogen-bond donors (Lipinski definition) is 2. The molecule has 0 spiro atoms. The first kappa shape index (κ1) is 20.7. The number of rotatable bonds is 5. The van der Waals surface area contributed by atoms with E-state index in [-0.39, 0.29) is 17.6 Å². The van der Waals surface area contributed by atoms with Gasteiger partial charge < -0.3 is 19.7 Å². The second-order valence-electron chi connectivity index (χ2n) is 8.41. The van der Waals surface area contributed by atoms with E-state index in [2.05, 4.69) is 15.2 Å². The lowest BCUT2D eigenvalue weighted by Gasteiger charge is -2.36. The highest BCUT2D eigenvalue weighted by molar-refractivity contribution is 7.80. The van der Waals surface area contributed by atoms with Gasteiger partial charge in [0.15, 0.2) is 5.11 Å². The highest BCUT2D eigenvalue weighted by atomic mass is 32.1. The average Bonchev–Trinajstić information content (AvgIpc) is 3.45. The van der Waals surface area contributed by atoms with E-state index >= 15 is 0 Å². The van der Waals surface area contributed by atoms with Crippen LogP contribution in [0.3, 0.4) is 0 Å². The standard InChI is InChI=1S/C25H25N3O3S/c29-24(30)17-8-6-7-16(15-17)20-12-13-21(31-20)23-22(19-11-4-5-14-26-19)27-25(32)28(23)18-9-2-1-3-10-18/h4-8,11-15,18,22-23H,1-3,9-10H2,(H,27,32)(H,29,30)/t22-,23-/m0/s1. The molecule has 164 valence electrons. The molecule has 1 saturated carbocycles. The first-order valence-corrected chi connectivity index (χ1v) is 11.5. The molecule has 0 bridgehead atoms. The van der Waals surface area contributed by atoms with Crippen molar-refractivity contribution >= 4 is 23.3 Å². The van der Waals surface area contributed by atoms with Gasteiger partial charge in [0.1, 0.15) is 17.6 Å². The van der Waals surface area contributed by atoms with Crippen molar-refractivity contribution in [2.24, 2.45) is 0 Å². The Hall–Kier alpha value is -3.19. The number of carboxylic acids is 1. The predicted octanol–water partition coefficient (Wildman–Crippen LogP) is 5.35. The molecule has 2 aromatic heterocycles. The maximum Gasteiger partial charge on any atom is 0.335 e. The summed E-state index contributed by atoms with van der Waals surface area (Å²) in [6.45, 7) is 0. The molecule has 2 fully saturated rings. The Bertz CT molecular complexity index is 1120. The van der Waals surface area contributed by atoms with E-state index in [0.29, 0.717) is 11.8 Å². The summed E-state index contributed by atoms with van der Waals surface area (Å²) in [6.07, 6.45) is 7.70. The summed E-state index contributed by atoms with van der Waals surface area (Å²) in [5.74, 6) is 0.487. The number of carbonyl (C=O) groups is 1. The van der Waals surface area contributed by atoms with Crippen LogP contribution in [0.25, 0.3) is 11.3 Å². The Morgan fingerprint density at radius 1 is 1.09 bits per heavy atom. The van der Waals surface area contributed by atoms with Gasteiger partial charge in [-0.15, -0.1) is 0 Å². The second-order valence-corrected chi connectivity index (χ2v) is 8.80. The first-order chi connectivity index (χ1) is 15.6. The fourth-order valence-electron chi connectivity index (χ4n) is 4.89. The lowest BCUT2D eigenvalue weighted by Crippen LogP contribution is -2.40. The van der Waals surface area contributed by atoms with E-state index in [1.165, 1.54) is 19.3 Å². The number of thiocarbonyl (C=S) groups is 1. The summed E-state index contributed by atoms with van der Waals surface area (Å²) in [5.41, 5.74) is 1.90. The molecule has 6 nitrogen and oxygen atoms in total. The topological polar surface area (TPSA) is 78.6 Å². The molecule has 2 atom stereocenters.